The minimum atomic E-state index is -0.336. The Hall–Kier alpha value is -2.82. The third-order valence-corrected chi connectivity index (χ3v) is 9.05. The van der Waals surface area contributed by atoms with Crippen molar-refractivity contribution < 1.29 is 9.31 Å². The van der Waals surface area contributed by atoms with E-state index in [0.29, 0.717) is 17.9 Å². The van der Waals surface area contributed by atoms with Crippen molar-refractivity contribution in [2.24, 2.45) is 11.8 Å². The average Bonchev–Trinajstić information content (AvgIpc) is 3.30. The summed E-state index contributed by atoms with van der Waals surface area (Å²) in [5.41, 5.74) is 5.44. The lowest BCUT2D eigenvalue weighted by atomic mass is 9.78. The summed E-state index contributed by atoms with van der Waals surface area (Å²) in [6, 6.07) is 24.8. The molecule has 36 heavy (non-hydrogen) atoms. The number of nitrogens with zero attached hydrogens (tertiary/aromatic N) is 1. The highest BCUT2D eigenvalue weighted by Gasteiger charge is 2.51. The van der Waals surface area contributed by atoms with Gasteiger partial charge in [0.15, 0.2) is 0 Å². The van der Waals surface area contributed by atoms with Gasteiger partial charge in [0.25, 0.3) is 0 Å². The number of rotatable bonds is 3. The molecule has 0 bridgehead atoms. The van der Waals surface area contributed by atoms with E-state index < -0.39 is 0 Å². The first-order valence-corrected chi connectivity index (χ1v) is 13.3. The standard InChI is InChI=1S/C32H36BNO2/c1-21-10-9-13-28(22(21)2)34-29-12-8-7-11-26(29)27-20-24(16-19-30(27)34)23-14-17-25(18-15-23)33-35-31(3,4)32(5,6)36-33/h7-9,11-22,28H,10H2,1-6H3. The molecular weight excluding hydrogens is 441 g/mol. The Morgan fingerprint density at radius 3 is 2.14 bits per heavy atom. The molecule has 0 radical (unpaired) electrons. The Labute approximate surface area is 215 Å². The van der Waals surface area contributed by atoms with Crippen molar-refractivity contribution >= 4 is 34.4 Å². The van der Waals surface area contributed by atoms with Crippen molar-refractivity contribution in [3.63, 3.8) is 0 Å². The SMILES string of the molecule is CC1CC=CC(n2c3ccccc3c3cc(-c4ccc(B5OC(C)(C)C(C)(C)O5)cc4)ccc32)C1C. The van der Waals surface area contributed by atoms with Crippen LogP contribution in [0.1, 0.15) is 54.0 Å². The predicted octanol–water partition coefficient (Wildman–Crippen LogP) is 7.53. The smallest absolute Gasteiger partial charge is 0.399 e. The molecule has 0 N–H and O–H groups in total. The van der Waals surface area contributed by atoms with Crippen LogP contribution in [0.15, 0.2) is 78.9 Å². The van der Waals surface area contributed by atoms with Gasteiger partial charge in [-0.25, -0.2) is 0 Å². The highest BCUT2D eigenvalue weighted by Crippen LogP contribution is 2.41. The van der Waals surface area contributed by atoms with E-state index in [1.54, 1.807) is 0 Å². The molecule has 0 spiro atoms. The van der Waals surface area contributed by atoms with E-state index in [9.17, 15) is 0 Å². The summed E-state index contributed by atoms with van der Waals surface area (Å²) >= 11 is 0. The van der Waals surface area contributed by atoms with Crippen LogP contribution in [-0.4, -0.2) is 22.9 Å². The quantitative estimate of drug-likeness (QED) is 0.225. The zero-order valence-corrected chi connectivity index (χ0v) is 22.3. The second-order valence-electron chi connectivity index (χ2n) is 11.8. The van der Waals surface area contributed by atoms with Crippen molar-refractivity contribution in [2.75, 3.05) is 0 Å². The van der Waals surface area contributed by atoms with Crippen molar-refractivity contribution in [1.29, 1.82) is 0 Å². The molecule has 3 nitrogen and oxygen atoms in total. The van der Waals surface area contributed by atoms with E-state index in [2.05, 4.69) is 125 Å². The maximum Gasteiger partial charge on any atom is 0.494 e. The van der Waals surface area contributed by atoms with Crippen LogP contribution in [0.5, 0.6) is 0 Å². The molecule has 184 valence electrons. The molecule has 1 saturated heterocycles. The fourth-order valence-corrected chi connectivity index (χ4v) is 5.80. The van der Waals surface area contributed by atoms with Crippen LogP contribution in [0, 0.1) is 11.8 Å². The fourth-order valence-electron chi connectivity index (χ4n) is 5.80. The topological polar surface area (TPSA) is 23.4 Å². The lowest BCUT2D eigenvalue weighted by Crippen LogP contribution is -2.41. The van der Waals surface area contributed by atoms with Gasteiger partial charge in [0.05, 0.1) is 17.2 Å². The normalized spacial score (nSPS) is 25.2. The Morgan fingerprint density at radius 2 is 1.42 bits per heavy atom. The van der Waals surface area contributed by atoms with Gasteiger partial charge in [-0.2, -0.15) is 0 Å². The van der Waals surface area contributed by atoms with E-state index in [-0.39, 0.29) is 18.3 Å². The Morgan fingerprint density at radius 1 is 0.778 bits per heavy atom. The number of benzene rings is 3. The van der Waals surface area contributed by atoms with Gasteiger partial charge in [-0.1, -0.05) is 74.5 Å². The Kier molecular flexibility index (Phi) is 5.48. The number of allylic oxidation sites excluding steroid dienone is 2. The first kappa shape index (κ1) is 23.6. The third-order valence-electron chi connectivity index (χ3n) is 9.05. The Bertz CT molecular complexity index is 1450. The van der Waals surface area contributed by atoms with Gasteiger partial charge in [0.2, 0.25) is 0 Å². The fraction of sp³-hybridized carbons (Fsp3) is 0.375. The molecular formula is C32H36BNO2. The van der Waals surface area contributed by atoms with E-state index >= 15 is 0 Å². The summed E-state index contributed by atoms with van der Waals surface area (Å²) in [5, 5.41) is 2.64. The maximum absolute atomic E-state index is 6.25. The largest absolute Gasteiger partial charge is 0.494 e. The second-order valence-corrected chi connectivity index (χ2v) is 11.8. The van der Waals surface area contributed by atoms with Crippen LogP contribution in [-0.2, 0) is 9.31 Å². The number of para-hydroxylation sites is 1. The molecule has 1 fully saturated rings. The highest BCUT2D eigenvalue weighted by molar-refractivity contribution is 6.62. The van der Waals surface area contributed by atoms with Gasteiger partial charge in [-0.3, -0.25) is 0 Å². The minimum Gasteiger partial charge on any atom is -0.399 e. The van der Waals surface area contributed by atoms with Gasteiger partial charge in [-0.05, 0) is 80.7 Å². The van der Waals surface area contributed by atoms with Crippen LogP contribution in [0.4, 0.5) is 0 Å². The average molecular weight is 477 g/mol. The molecule has 4 heteroatoms. The van der Waals surface area contributed by atoms with Crippen molar-refractivity contribution in [3.8, 4) is 11.1 Å². The molecule has 3 aromatic carbocycles. The summed E-state index contributed by atoms with van der Waals surface area (Å²) in [4.78, 5) is 0. The van der Waals surface area contributed by atoms with Crippen LogP contribution >= 0.6 is 0 Å². The van der Waals surface area contributed by atoms with Crippen LogP contribution in [0.25, 0.3) is 32.9 Å². The molecule has 1 aliphatic heterocycles. The van der Waals surface area contributed by atoms with Gasteiger partial charge in [-0.15, -0.1) is 0 Å². The van der Waals surface area contributed by atoms with Crippen LogP contribution in [0.3, 0.4) is 0 Å². The van der Waals surface area contributed by atoms with Crippen molar-refractivity contribution in [1.82, 2.24) is 4.57 Å². The van der Waals surface area contributed by atoms with E-state index in [1.807, 2.05) is 0 Å². The molecule has 3 atom stereocenters. The predicted molar refractivity (Wildman–Crippen MR) is 152 cm³/mol. The summed E-state index contributed by atoms with van der Waals surface area (Å²) < 4.78 is 15.1. The number of hydrogen-bond acceptors (Lipinski definition) is 2. The van der Waals surface area contributed by atoms with E-state index in [0.717, 1.165) is 5.46 Å². The number of hydrogen-bond donors (Lipinski definition) is 0. The molecule has 1 aliphatic carbocycles. The van der Waals surface area contributed by atoms with Crippen molar-refractivity contribution in [3.05, 3.63) is 78.9 Å². The summed E-state index contributed by atoms with van der Waals surface area (Å²) in [7, 11) is -0.336. The lowest BCUT2D eigenvalue weighted by Gasteiger charge is -2.32. The monoisotopic (exact) mass is 477 g/mol. The minimum absolute atomic E-state index is 0.335. The van der Waals surface area contributed by atoms with Crippen LogP contribution in [0.2, 0.25) is 0 Å². The summed E-state index contributed by atoms with van der Waals surface area (Å²) in [6.07, 6.45) is 5.95. The first-order chi connectivity index (χ1) is 17.2. The summed E-state index contributed by atoms with van der Waals surface area (Å²) in [6.45, 7) is 13.2. The number of aromatic nitrogens is 1. The molecule has 0 amide bonds. The second kappa shape index (κ2) is 8.36. The lowest BCUT2D eigenvalue weighted by molar-refractivity contribution is 0.00578. The molecule has 0 saturated carbocycles. The van der Waals surface area contributed by atoms with Crippen molar-refractivity contribution in [2.45, 2.75) is 65.2 Å². The summed E-state index contributed by atoms with van der Waals surface area (Å²) in [5.74, 6) is 1.27. The molecule has 2 heterocycles. The maximum atomic E-state index is 6.25. The molecule has 3 unspecified atom stereocenters. The van der Waals surface area contributed by atoms with E-state index in [4.69, 9.17) is 9.31 Å². The molecule has 1 aromatic heterocycles. The van der Waals surface area contributed by atoms with E-state index in [1.165, 1.54) is 39.4 Å². The molecule has 6 rings (SSSR count). The zero-order chi connectivity index (χ0) is 25.2. The first-order valence-electron chi connectivity index (χ1n) is 13.3. The molecule has 4 aromatic rings. The van der Waals surface area contributed by atoms with Gasteiger partial charge >= 0.3 is 7.12 Å². The van der Waals surface area contributed by atoms with Gasteiger partial charge in [0.1, 0.15) is 0 Å². The third kappa shape index (κ3) is 3.65. The van der Waals surface area contributed by atoms with Gasteiger partial charge in [0, 0.05) is 21.8 Å². The zero-order valence-electron chi connectivity index (χ0n) is 22.3. The highest BCUT2D eigenvalue weighted by atomic mass is 16.7. The molecule has 2 aliphatic rings. The van der Waals surface area contributed by atoms with Crippen LogP contribution < -0.4 is 5.46 Å². The number of fused-ring (bicyclic) bond motifs is 3. The Balaban J connectivity index is 1.39. The van der Waals surface area contributed by atoms with Gasteiger partial charge < -0.3 is 13.9 Å².